The van der Waals surface area contributed by atoms with Gasteiger partial charge in [-0.3, -0.25) is 9.59 Å². The van der Waals surface area contributed by atoms with Gasteiger partial charge in [0, 0.05) is 5.56 Å². The number of hydrogen-bond donors (Lipinski definition) is 3. The van der Waals surface area contributed by atoms with Crippen LogP contribution < -0.4 is 15.4 Å². The zero-order chi connectivity index (χ0) is 22.1. The summed E-state index contributed by atoms with van der Waals surface area (Å²) in [5.41, 5.74) is 0.969. The van der Waals surface area contributed by atoms with Crippen LogP contribution in [0.5, 0.6) is 5.75 Å². The second kappa shape index (κ2) is 10.8. The molecule has 0 saturated carbocycles. The van der Waals surface area contributed by atoms with Crippen molar-refractivity contribution in [3.05, 3.63) is 71.4 Å². The summed E-state index contributed by atoms with van der Waals surface area (Å²) in [4.78, 5) is 37.0. The maximum atomic E-state index is 12.9. The first-order valence-corrected chi connectivity index (χ1v) is 9.56. The molecule has 30 heavy (non-hydrogen) atoms. The fourth-order valence-electron chi connectivity index (χ4n) is 2.74. The first-order chi connectivity index (χ1) is 14.3. The Kier molecular flexibility index (Phi) is 8.17. The summed E-state index contributed by atoms with van der Waals surface area (Å²) in [7, 11) is 1.55. The van der Waals surface area contributed by atoms with E-state index < -0.39 is 23.8 Å². The molecule has 0 unspecified atom stereocenters. The van der Waals surface area contributed by atoms with Crippen molar-refractivity contribution in [1.82, 2.24) is 10.6 Å². The van der Waals surface area contributed by atoms with Crippen molar-refractivity contribution >= 4 is 23.9 Å². The molecule has 0 aromatic heterocycles. The molecule has 0 aliphatic heterocycles. The van der Waals surface area contributed by atoms with E-state index >= 15 is 0 Å². The van der Waals surface area contributed by atoms with Crippen LogP contribution in [-0.4, -0.2) is 36.0 Å². The highest BCUT2D eigenvalue weighted by molar-refractivity contribution is 6.06. The summed E-state index contributed by atoms with van der Waals surface area (Å²) in [6.45, 7) is 3.74. The molecule has 0 spiro atoms. The Hall–Kier alpha value is -3.61. The van der Waals surface area contributed by atoms with Crippen molar-refractivity contribution in [3.63, 3.8) is 0 Å². The molecule has 0 aliphatic carbocycles. The molecular weight excluding hydrogens is 384 g/mol. The molecule has 2 aromatic rings. The molecular formula is C23H26N2O5. The van der Waals surface area contributed by atoms with Crippen LogP contribution >= 0.6 is 0 Å². The summed E-state index contributed by atoms with van der Waals surface area (Å²) in [6.07, 6.45) is 1.76. The van der Waals surface area contributed by atoms with Gasteiger partial charge in [0.2, 0.25) is 0 Å². The largest absolute Gasteiger partial charge is 0.497 e. The van der Waals surface area contributed by atoms with Crippen LogP contribution in [-0.2, 0) is 9.59 Å². The summed E-state index contributed by atoms with van der Waals surface area (Å²) in [6, 6.07) is 14.3. The van der Waals surface area contributed by atoms with Crippen molar-refractivity contribution in [2.75, 3.05) is 7.11 Å². The number of methoxy groups -OCH3 is 1. The summed E-state index contributed by atoms with van der Waals surface area (Å²) in [5, 5.41) is 14.5. The lowest BCUT2D eigenvalue weighted by Crippen LogP contribution is -2.45. The van der Waals surface area contributed by atoms with Gasteiger partial charge < -0.3 is 20.5 Å². The molecule has 1 atom stereocenters. The number of benzene rings is 2. The zero-order valence-electron chi connectivity index (χ0n) is 17.2. The lowest BCUT2D eigenvalue weighted by atomic mass is 10.0. The standard InChI is InChI=1S/C23H26N2O5/c1-15(2)13-20(23(28)29)25-22(27)19(14-16-9-11-18(30-3)12-10-16)24-21(26)17-7-5-4-6-8-17/h4-12,14-15,20H,13H2,1-3H3,(H,24,26)(H,25,27)(H,28,29)/b19-14+/t20-/m1/s1. The number of rotatable bonds is 9. The third-order valence-corrected chi connectivity index (χ3v) is 4.27. The topological polar surface area (TPSA) is 105 Å². The molecule has 7 nitrogen and oxygen atoms in total. The maximum absolute atomic E-state index is 12.9. The van der Waals surface area contributed by atoms with Crippen molar-refractivity contribution in [1.29, 1.82) is 0 Å². The Bertz CT molecular complexity index is 905. The van der Waals surface area contributed by atoms with E-state index in [1.807, 2.05) is 13.8 Å². The van der Waals surface area contributed by atoms with Crippen LogP contribution in [0.1, 0.15) is 36.2 Å². The van der Waals surface area contributed by atoms with Crippen LogP contribution in [0.3, 0.4) is 0 Å². The Morgan fingerprint density at radius 1 is 1.03 bits per heavy atom. The van der Waals surface area contributed by atoms with Crippen molar-refractivity contribution in [3.8, 4) is 5.75 Å². The molecule has 158 valence electrons. The van der Waals surface area contributed by atoms with Crippen molar-refractivity contribution < 1.29 is 24.2 Å². The van der Waals surface area contributed by atoms with Crippen LogP contribution in [0.2, 0.25) is 0 Å². The molecule has 3 N–H and O–H groups in total. The molecule has 2 aromatic carbocycles. The summed E-state index contributed by atoms with van der Waals surface area (Å²) >= 11 is 0. The van der Waals surface area contributed by atoms with E-state index in [4.69, 9.17) is 4.74 Å². The van der Waals surface area contributed by atoms with Crippen LogP contribution in [0.25, 0.3) is 6.08 Å². The van der Waals surface area contributed by atoms with E-state index in [0.717, 1.165) is 0 Å². The third-order valence-electron chi connectivity index (χ3n) is 4.27. The van der Waals surface area contributed by atoms with E-state index in [2.05, 4.69) is 10.6 Å². The minimum atomic E-state index is -1.13. The monoisotopic (exact) mass is 410 g/mol. The molecule has 0 bridgehead atoms. The highest BCUT2D eigenvalue weighted by Gasteiger charge is 2.24. The molecule has 0 heterocycles. The number of carbonyl (C=O) groups is 3. The third kappa shape index (κ3) is 6.77. The molecule has 2 rings (SSSR count). The van der Waals surface area contributed by atoms with Gasteiger partial charge in [-0.2, -0.15) is 0 Å². The van der Waals surface area contributed by atoms with E-state index in [1.54, 1.807) is 61.7 Å². The number of carbonyl (C=O) groups excluding carboxylic acids is 2. The zero-order valence-corrected chi connectivity index (χ0v) is 17.2. The van der Waals surface area contributed by atoms with Crippen molar-refractivity contribution in [2.24, 2.45) is 5.92 Å². The fourth-order valence-corrected chi connectivity index (χ4v) is 2.74. The van der Waals surface area contributed by atoms with Gasteiger partial charge in [-0.25, -0.2) is 4.79 Å². The fraction of sp³-hybridized carbons (Fsp3) is 0.261. The van der Waals surface area contributed by atoms with Gasteiger partial charge in [0.1, 0.15) is 17.5 Å². The minimum Gasteiger partial charge on any atom is -0.497 e. The Morgan fingerprint density at radius 2 is 1.67 bits per heavy atom. The van der Waals surface area contributed by atoms with Gasteiger partial charge in [-0.05, 0) is 48.2 Å². The van der Waals surface area contributed by atoms with Crippen molar-refractivity contribution in [2.45, 2.75) is 26.3 Å². The van der Waals surface area contributed by atoms with Gasteiger partial charge in [0.15, 0.2) is 0 Å². The van der Waals surface area contributed by atoms with Gasteiger partial charge in [0.05, 0.1) is 7.11 Å². The minimum absolute atomic E-state index is 0.0518. The molecule has 7 heteroatoms. The normalized spacial score (nSPS) is 12.2. The average Bonchev–Trinajstić information content (AvgIpc) is 2.73. The number of hydrogen-bond acceptors (Lipinski definition) is 4. The second-order valence-corrected chi connectivity index (χ2v) is 7.15. The summed E-state index contributed by atoms with van der Waals surface area (Å²) in [5.74, 6) is -1.56. The lowest BCUT2D eigenvalue weighted by Gasteiger charge is -2.18. The van der Waals surface area contributed by atoms with Crippen LogP contribution in [0.15, 0.2) is 60.3 Å². The van der Waals surface area contributed by atoms with E-state index in [0.29, 0.717) is 16.9 Å². The van der Waals surface area contributed by atoms with E-state index in [-0.39, 0.29) is 18.0 Å². The molecule has 0 saturated heterocycles. The maximum Gasteiger partial charge on any atom is 0.326 e. The number of nitrogens with one attached hydrogen (secondary N) is 2. The van der Waals surface area contributed by atoms with E-state index in [9.17, 15) is 19.5 Å². The summed E-state index contributed by atoms with van der Waals surface area (Å²) < 4.78 is 5.12. The molecule has 0 fully saturated rings. The van der Waals surface area contributed by atoms with Crippen LogP contribution in [0.4, 0.5) is 0 Å². The average molecular weight is 410 g/mol. The van der Waals surface area contributed by atoms with Gasteiger partial charge in [-0.15, -0.1) is 0 Å². The molecule has 2 amide bonds. The Morgan fingerprint density at radius 3 is 2.20 bits per heavy atom. The predicted octanol–water partition coefficient (Wildman–Crippen LogP) is 3.08. The number of carboxylic acids is 1. The lowest BCUT2D eigenvalue weighted by molar-refractivity contribution is -0.141. The van der Waals surface area contributed by atoms with Gasteiger partial charge >= 0.3 is 5.97 Å². The Labute approximate surface area is 175 Å². The Balaban J connectivity index is 2.31. The van der Waals surface area contributed by atoms with E-state index in [1.165, 1.54) is 6.08 Å². The van der Waals surface area contributed by atoms with Crippen LogP contribution in [0, 0.1) is 5.92 Å². The quantitative estimate of drug-likeness (QED) is 0.551. The predicted molar refractivity (Wildman–Crippen MR) is 114 cm³/mol. The first-order valence-electron chi connectivity index (χ1n) is 9.56. The highest BCUT2D eigenvalue weighted by Crippen LogP contribution is 2.14. The van der Waals surface area contributed by atoms with Gasteiger partial charge in [0.25, 0.3) is 11.8 Å². The SMILES string of the molecule is COc1ccc(/C=C(/NC(=O)c2ccccc2)C(=O)N[C@H](CC(C)C)C(=O)O)cc1. The molecule has 0 radical (unpaired) electrons. The smallest absolute Gasteiger partial charge is 0.326 e. The first kappa shape index (κ1) is 22.7. The highest BCUT2D eigenvalue weighted by atomic mass is 16.5. The number of aliphatic carboxylic acids is 1. The number of carboxylic acid groups (broad SMARTS) is 1. The van der Waals surface area contributed by atoms with Gasteiger partial charge in [-0.1, -0.05) is 44.2 Å². The second-order valence-electron chi connectivity index (χ2n) is 7.15. The molecule has 0 aliphatic rings. The number of ether oxygens (including phenoxy) is 1. The number of amides is 2.